The van der Waals surface area contributed by atoms with E-state index in [1.54, 1.807) is 29.2 Å². The van der Waals surface area contributed by atoms with E-state index in [9.17, 15) is 18.0 Å². The minimum absolute atomic E-state index is 0.0273. The number of carbonyl (C=O) groups excluding carboxylic acids is 2. The number of hydrogen-bond donors (Lipinski definition) is 2. The maximum absolute atomic E-state index is 12.8. The fraction of sp³-hybridized carbons (Fsp3) is 0.333. The molecule has 164 valence electrons. The maximum atomic E-state index is 12.8. The molecule has 0 saturated carbocycles. The van der Waals surface area contributed by atoms with Crippen molar-refractivity contribution in [2.45, 2.75) is 24.2 Å². The second-order valence-corrected chi connectivity index (χ2v) is 8.98. The molecule has 2 N–H and O–H groups in total. The standard InChI is InChI=1S/C21H23N3O6S/c25-20-6-2-10-24(20)11-3-9-22-21(26)15-4-1-5-17(12-15)31(27,28)23-16-7-8-18-19(13-16)30-14-29-18/h1,4-5,7-8,12-13,23H,2-3,6,9-11,14H2,(H,22,26). The molecule has 2 heterocycles. The molecular weight excluding hydrogens is 422 g/mol. The first-order valence-electron chi connectivity index (χ1n) is 10.0. The summed E-state index contributed by atoms with van der Waals surface area (Å²) >= 11 is 0. The number of ether oxygens (including phenoxy) is 2. The fourth-order valence-corrected chi connectivity index (χ4v) is 4.59. The number of sulfonamides is 1. The molecule has 4 rings (SSSR count). The topological polar surface area (TPSA) is 114 Å². The van der Waals surface area contributed by atoms with Crippen LogP contribution in [0.5, 0.6) is 11.5 Å². The van der Waals surface area contributed by atoms with Crippen molar-refractivity contribution in [3.05, 3.63) is 48.0 Å². The van der Waals surface area contributed by atoms with Crippen LogP contribution in [0.4, 0.5) is 5.69 Å². The molecule has 2 aromatic carbocycles. The van der Waals surface area contributed by atoms with E-state index in [1.165, 1.54) is 18.2 Å². The molecule has 0 aliphatic carbocycles. The Hall–Kier alpha value is -3.27. The van der Waals surface area contributed by atoms with E-state index in [0.29, 0.717) is 43.1 Å². The Morgan fingerprint density at radius 1 is 1.10 bits per heavy atom. The van der Waals surface area contributed by atoms with E-state index in [4.69, 9.17) is 9.47 Å². The van der Waals surface area contributed by atoms with E-state index in [-0.39, 0.29) is 29.1 Å². The molecule has 0 aromatic heterocycles. The number of fused-ring (bicyclic) bond motifs is 1. The van der Waals surface area contributed by atoms with Gasteiger partial charge in [0, 0.05) is 37.7 Å². The zero-order valence-electron chi connectivity index (χ0n) is 16.8. The highest BCUT2D eigenvalue weighted by Crippen LogP contribution is 2.34. The summed E-state index contributed by atoms with van der Waals surface area (Å²) in [5.41, 5.74) is 0.571. The first kappa shape index (κ1) is 21.0. The van der Waals surface area contributed by atoms with E-state index in [2.05, 4.69) is 10.0 Å². The summed E-state index contributed by atoms with van der Waals surface area (Å²) < 4.78 is 38.5. The molecule has 2 aliphatic rings. The van der Waals surface area contributed by atoms with Gasteiger partial charge in [0.05, 0.1) is 10.6 Å². The first-order chi connectivity index (χ1) is 14.9. The van der Waals surface area contributed by atoms with Gasteiger partial charge in [0.1, 0.15) is 0 Å². The van der Waals surface area contributed by atoms with Gasteiger partial charge in [-0.25, -0.2) is 8.42 Å². The molecule has 1 fully saturated rings. The number of anilines is 1. The number of likely N-dealkylation sites (tertiary alicyclic amines) is 1. The van der Waals surface area contributed by atoms with Crippen LogP contribution in [0.1, 0.15) is 29.6 Å². The lowest BCUT2D eigenvalue weighted by Gasteiger charge is -2.15. The molecule has 1 saturated heterocycles. The average Bonchev–Trinajstić information content (AvgIpc) is 3.39. The SMILES string of the molecule is O=C(NCCCN1CCCC1=O)c1cccc(S(=O)(=O)Nc2ccc3c(c2)OCO3)c1. The number of hydrogen-bond acceptors (Lipinski definition) is 6. The summed E-state index contributed by atoms with van der Waals surface area (Å²) in [7, 11) is -3.90. The highest BCUT2D eigenvalue weighted by Gasteiger charge is 2.20. The van der Waals surface area contributed by atoms with E-state index in [1.807, 2.05) is 0 Å². The van der Waals surface area contributed by atoms with Gasteiger partial charge >= 0.3 is 0 Å². The summed E-state index contributed by atoms with van der Waals surface area (Å²) in [6.45, 7) is 1.86. The Balaban J connectivity index is 1.36. The van der Waals surface area contributed by atoms with Crippen LogP contribution in [0, 0.1) is 0 Å². The minimum atomic E-state index is -3.90. The Labute approximate surface area is 180 Å². The lowest BCUT2D eigenvalue weighted by molar-refractivity contribution is -0.127. The predicted molar refractivity (Wildman–Crippen MR) is 113 cm³/mol. The minimum Gasteiger partial charge on any atom is -0.454 e. The van der Waals surface area contributed by atoms with Crippen molar-refractivity contribution in [1.29, 1.82) is 0 Å². The number of rotatable bonds is 8. The van der Waals surface area contributed by atoms with Gasteiger partial charge in [-0.15, -0.1) is 0 Å². The molecule has 0 bridgehead atoms. The third-order valence-electron chi connectivity index (χ3n) is 5.09. The van der Waals surface area contributed by atoms with Crippen molar-refractivity contribution < 1.29 is 27.5 Å². The summed E-state index contributed by atoms with van der Waals surface area (Å²) in [5.74, 6) is 0.798. The Morgan fingerprint density at radius 2 is 1.94 bits per heavy atom. The van der Waals surface area contributed by atoms with Crippen molar-refractivity contribution in [2.24, 2.45) is 0 Å². The highest BCUT2D eigenvalue weighted by molar-refractivity contribution is 7.92. The van der Waals surface area contributed by atoms with Crippen molar-refractivity contribution in [2.75, 3.05) is 31.1 Å². The summed E-state index contributed by atoms with van der Waals surface area (Å²) in [5, 5.41) is 2.77. The Morgan fingerprint density at radius 3 is 2.74 bits per heavy atom. The molecule has 9 nitrogen and oxygen atoms in total. The smallest absolute Gasteiger partial charge is 0.261 e. The number of benzene rings is 2. The lowest BCUT2D eigenvalue weighted by atomic mass is 10.2. The van der Waals surface area contributed by atoms with Crippen molar-refractivity contribution >= 4 is 27.5 Å². The van der Waals surface area contributed by atoms with Crippen LogP contribution in [0.2, 0.25) is 0 Å². The van der Waals surface area contributed by atoms with Crippen molar-refractivity contribution in [1.82, 2.24) is 10.2 Å². The lowest BCUT2D eigenvalue weighted by Crippen LogP contribution is -2.30. The fourth-order valence-electron chi connectivity index (χ4n) is 3.49. The second kappa shape index (κ2) is 8.84. The average molecular weight is 445 g/mol. The number of nitrogens with one attached hydrogen (secondary N) is 2. The van der Waals surface area contributed by atoms with Crippen LogP contribution < -0.4 is 19.5 Å². The molecule has 2 aromatic rings. The molecule has 10 heteroatoms. The molecule has 0 spiro atoms. The predicted octanol–water partition coefficient (Wildman–Crippen LogP) is 1.96. The zero-order chi connectivity index (χ0) is 21.8. The Kier molecular flexibility index (Phi) is 5.99. The summed E-state index contributed by atoms with van der Waals surface area (Å²) in [4.78, 5) is 25.8. The number of carbonyl (C=O) groups is 2. The molecule has 2 amide bonds. The van der Waals surface area contributed by atoms with Crippen LogP contribution in [-0.2, 0) is 14.8 Å². The molecule has 0 unspecified atom stereocenters. The van der Waals surface area contributed by atoms with Crippen LogP contribution >= 0.6 is 0 Å². The zero-order valence-corrected chi connectivity index (χ0v) is 17.6. The van der Waals surface area contributed by atoms with Gasteiger partial charge in [0.2, 0.25) is 12.7 Å². The van der Waals surface area contributed by atoms with Gasteiger partial charge in [0.25, 0.3) is 15.9 Å². The van der Waals surface area contributed by atoms with Crippen molar-refractivity contribution in [3.8, 4) is 11.5 Å². The molecule has 0 atom stereocenters. The van der Waals surface area contributed by atoms with Crippen LogP contribution in [-0.4, -0.2) is 51.6 Å². The largest absolute Gasteiger partial charge is 0.454 e. The summed E-state index contributed by atoms with van der Waals surface area (Å²) in [6, 6.07) is 10.6. The Bertz CT molecular complexity index is 1100. The molecular formula is C21H23N3O6S. The quantitative estimate of drug-likeness (QED) is 0.601. The molecule has 0 radical (unpaired) electrons. The van der Waals surface area contributed by atoms with Crippen molar-refractivity contribution in [3.63, 3.8) is 0 Å². The van der Waals surface area contributed by atoms with E-state index >= 15 is 0 Å². The van der Waals surface area contributed by atoms with E-state index < -0.39 is 10.0 Å². The highest BCUT2D eigenvalue weighted by atomic mass is 32.2. The monoisotopic (exact) mass is 445 g/mol. The number of nitrogens with zero attached hydrogens (tertiary/aromatic N) is 1. The van der Waals surface area contributed by atoms with Gasteiger partial charge in [-0.1, -0.05) is 6.07 Å². The van der Waals surface area contributed by atoms with Gasteiger partial charge in [-0.05, 0) is 43.2 Å². The van der Waals surface area contributed by atoms with Gasteiger partial charge < -0.3 is 19.7 Å². The van der Waals surface area contributed by atoms with Crippen LogP contribution in [0.25, 0.3) is 0 Å². The van der Waals surface area contributed by atoms with Crippen LogP contribution in [0.3, 0.4) is 0 Å². The maximum Gasteiger partial charge on any atom is 0.261 e. The van der Waals surface area contributed by atoms with Gasteiger partial charge in [-0.2, -0.15) is 0 Å². The normalized spacial score (nSPS) is 15.2. The first-order valence-corrected chi connectivity index (χ1v) is 11.5. The van der Waals surface area contributed by atoms with E-state index in [0.717, 1.165) is 13.0 Å². The van der Waals surface area contributed by atoms with Gasteiger partial charge in [0.15, 0.2) is 11.5 Å². The number of amides is 2. The second-order valence-electron chi connectivity index (χ2n) is 7.30. The molecule has 31 heavy (non-hydrogen) atoms. The third kappa shape index (κ3) is 4.91. The summed E-state index contributed by atoms with van der Waals surface area (Å²) in [6.07, 6.45) is 2.11. The van der Waals surface area contributed by atoms with Crippen LogP contribution in [0.15, 0.2) is 47.4 Å². The van der Waals surface area contributed by atoms with Gasteiger partial charge in [-0.3, -0.25) is 14.3 Å². The third-order valence-corrected chi connectivity index (χ3v) is 6.47. The molecule has 2 aliphatic heterocycles.